The summed E-state index contributed by atoms with van der Waals surface area (Å²) in [6.45, 7) is 1.82. The van der Waals surface area contributed by atoms with Gasteiger partial charge in [-0.1, -0.05) is 0 Å². The fourth-order valence-electron chi connectivity index (χ4n) is 2.11. The van der Waals surface area contributed by atoms with Crippen molar-refractivity contribution in [3.63, 3.8) is 0 Å². The van der Waals surface area contributed by atoms with E-state index in [0.717, 1.165) is 21.8 Å². The van der Waals surface area contributed by atoms with Crippen LogP contribution >= 0.6 is 24.2 Å². The summed E-state index contributed by atoms with van der Waals surface area (Å²) in [4.78, 5) is 9.21. The van der Waals surface area contributed by atoms with Crippen LogP contribution in [0, 0.1) is 12.7 Å². The summed E-state index contributed by atoms with van der Waals surface area (Å²) in [5.74, 6) is 0.286. The molecule has 2 aromatic carbocycles. The lowest BCUT2D eigenvalue weighted by molar-refractivity contribution is 0.627. The molecule has 0 unspecified atom stereocenters. The summed E-state index contributed by atoms with van der Waals surface area (Å²) in [6, 6.07) is 14.0. The van der Waals surface area contributed by atoms with Crippen molar-refractivity contribution in [2.45, 2.75) is 11.8 Å². The van der Waals surface area contributed by atoms with E-state index in [4.69, 9.17) is 12.2 Å². The standard InChI is InChI=1S/C18H16FN5S2/c1-12-11-13(19)3-8-16(12)23-18(25)22-14-4-6-15(7-5-14)26-24-17-20-9-2-10-21-17/h2-11H,1H3,(H,20,21,24)(H2,22,23,25). The van der Waals surface area contributed by atoms with E-state index >= 15 is 0 Å². The van der Waals surface area contributed by atoms with E-state index in [1.54, 1.807) is 24.5 Å². The minimum absolute atomic E-state index is 0.269. The first kappa shape index (κ1) is 18.1. The highest BCUT2D eigenvalue weighted by Crippen LogP contribution is 2.21. The number of aromatic nitrogens is 2. The predicted molar refractivity (Wildman–Crippen MR) is 109 cm³/mol. The average Bonchev–Trinajstić information content (AvgIpc) is 2.64. The predicted octanol–water partition coefficient (Wildman–Crippen LogP) is 4.85. The molecule has 0 fully saturated rings. The number of hydrogen-bond donors (Lipinski definition) is 3. The highest BCUT2D eigenvalue weighted by Gasteiger charge is 2.04. The number of rotatable bonds is 5. The second-order valence-electron chi connectivity index (χ2n) is 5.34. The summed E-state index contributed by atoms with van der Waals surface area (Å²) in [7, 11) is 0. The molecule has 0 spiro atoms. The van der Waals surface area contributed by atoms with Gasteiger partial charge in [-0.2, -0.15) is 0 Å². The maximum absolute atomic E-state index is 13.1. The van der Waals surface area contributed by atoms with Crippen molar-refractivity contribution in [1.29, 1.82) is 0 Å². The summed E-state index contributed by atoms with van der Waals surface area (Å²) < 4.78 is 16.2. The molecule has 0 atom stereocenters. The third-order valence-corrected chi connectivity index (χ3v) is 4.37. The lowest BCUT2D eigenvalue weighted by Gasteiger charge is -2.13. The molecule has 1 heterocycles. The number of nitrogens with one attached hydrogen (secondary N) is 3. The average molecular weight is 385 g/mol. The van der Waals surface area contributed by atoms with Gasteiger partial charge in [0.15, 0.2) is 5.11 Å². The van der Waals surface area contributed by atoms with Crippen LogP contribution in [0.5, 0.6) is 0 Å². The maximum atomic E-state index is 13.1. The molecule has 3 N–H and O–H groups in total. The van der Waals surface area contributed by atoms with E-state index in [1.807, 2.05) is 31.2 Å². The highest BCUT2D eigenvalue weighted by atomic mass is 32.2. The van der Waals surface area contributed by atoms with E-state index in [0.29, 0.717) is 11.1 Å². The molecular weight excluding hydrogens is 369 g/mol. The number of anilines is 3. The zero-order chi connectivity index (χ0) is 18.4. The van der Waals surface area contributed by atoms with Gasteiger partial charge in [0.1, 0.15) is 5.82 Å². The van der Waals surface area contributed by atoms with Crippen LogP contribution in [0.15, 0.2) is 65.8 Å². The quantitative estimate of drug-likeness (QED) is 0.428. The van der Waals surface area contributed by atoms with Crippen LogP contribution in [0.2, 0.25) is 0 Å². The molecule has 3 aromatic rings. The number of benzene rings is 2. The van der Waals surface area contributed by atoms with Gasteiger partial charge < -0.3 is 10.6 Å². The molecule has 26 heavy (non-hydrogen) atoms. The van der Waals surface area contributed by atoms with Gasteiger partial charge in [0.25, 0.3) is 0 Å². The Morgan fingerprint density at radius 3 is 2.46 bits per heavy atom. The first-order valence-corrected chi connectivity index (χ1v) is 8.97. The van der Waals surface area contributed by atoms with Crippen LogP contribution in [0.4, 0.5) is 21.7 Å². The zero-order valence-electron chi connectivity index (χ0n) is 13.9. The van der Waals surface area contributed by atoms with E-state index in [1.165, 1.54) is 24.1 Å². The first-order valence-electron chi connectivity index (χ1n) is 7.74. The number of nitrogens with zero attached hydrogens (tertiary/aromatic N) is 2. The Morgan fingerprint density at radius 1 is 1.04 bits per heavy atom. The summed E-state index contributed by atoms with van der Waals surface area (Å²) in [5, 5.41) is 6.61. The van der Waals surface area contributed by atoms with Crippen LogP contribution in [0.1, 0.15) is 5.56 Å². The number of halogens is 1. The SMILES string of the molecule is Cc1cc(F)ccc1NC(=S)Nc1ccc(SNc2ncccn2)cc1. The third kappa shape index (κ3) is 5.14. The van der Waals surface area contributed by atoms with Crippen LogP contribution in [-0.4, -0.2) is 15.1 Å². The normalized spacial score (nSPS) is 10.2. The Kier molecular flexibility index (Phi) is 5.98. The molecule has 1 aromatic heterocycles. The molecule has 0 bridgehead atoms. The summed E-state index contributed by atoms with van der Waals surface area (Å²) >= 11 is 6.73. The van der Waals surface area contributed by atoms with Crippen molar-refractivity contribution < 1.29 is 4.39 Å². The maximum Gasteiger partial charge on any atom is 0.233 e. The lowest BCUT2D eigenvalue weighted by Crippen LogP contribution is -2.19. The summed E-state index contributed by atoms with van der Waals surface area (Å²) in [5.41, 5.74) is 2.40. The van der Waals surface area contributed by atoms with E-state index in [-0.39, 0.29) is 5.82 Å². The van der Waals surface area contributed by atoms with Gasteiger partial charge in [-0.15, -0.1) is 0 Å². The second-order valence-corrected chi connectivity index (χ2v) is 6.63. The topological polar surface area (TPSA) is 61.9 Å². The lowest BCUT2D eigenvalue weighted by atomic mass is 10.2. The van der Waals surface area contributed by atoms with Gasteiger partial charge in [-0.25, -0.2) is 14.4 Å². The molecule has 0 radical (unpaired) electrons. The largest absolute Gasteiger partial charge is 0.332 e. The van der Waals surface area contributed by atoms with Crippen molar-refractivity contribution in [1.82, 2.24) is 9.97 Å². The van der Waals surface area contributed by atoms with Crippen LogP contribution in [0.3, 0.4) is 0 Å². The Bertz CT molecular complexity index is 888. The van der Waals surface area contributed by atoms with Gasteiger partial charge in [-0.3, -0.25) is 4.72 Å². The highest BCUT2D eigenvalue weighted by molar-refractivity contribution is 8.00. The van der Waals surface area contributed by atoms with Gasteiger partial charge in [0, 0.05) is 28.7 Å². The molecule has 132 valence electrons. The smallest absolute Gasteiger partial charge is 0.233 e. The van der Waals surface area contributed by atoms with Gasteiger partial charge in [0.2, 0.25) is 5.95 Å². The molecule has 0 amide bonds. The molecule has 0 saturated heterocycles. The minimum Gasteiger partial charge on any atom is -0.332 e. The summed E-state index contributed by atoms with van der Waals surface area (Å²) in [6.07, 6.45) is 3.36. The Hall–Kier alpha value is -2.71. The molecule has 0 saturated carbocycles. The van der Waals surface area contributed by atoms with Crippen molar-refractivity contribution in [3.05, 3.63) is 72.3 Å². The Balaban J connectivity index is 1.54. The molecule has 0 aliphatic carbocycles. The molecule has 5 nitrogen and oxygen atoms in total. The number of thiocarbonyl (C=S) groups is 1. The fraction of sp³-hybridized carbons (Fsp3) is 0.0556. The van der Waals surface area contributed by atoms with Crippen LogP contribution < -0.4 is 15.4 Å². The number of hydrogen-bond acceptors (Lipinski definition) is 5. The molecular formula is C18H16FN5S2. The first-order chi connectivity index (χ1) is 12.6. The van der Waals surface area contributed by atoms with Crippen molar-refractivity contribution in [2.75, 3.05) is 15.4 Å². The van der Waals surface area contributed by atoms with E-state index < -0.39 is 0 Å². The monoisotopic (exact) mass is 385 g/mol. The van der Waals surface area contributed by atoms with Gasteiger partial charge in [0.05, 0.1) is 0 Å². The van der Waals surface area contributed by atoms with E-state index in [2.05, 4.69) is 25.3 Å². The van der Waals surface area contributed by atoms with E-state index in [9.17, 15) is 4.39 Å². The minimum atomic E-state index is -0.269. The Morgan fingerprint density at radius 2 is 1.77 bits per heavy atom. The fourth-order valence-corrected chi connectivity index (χ4v) is 2.93. The van der Waals surface area contributed by atoms with Crippen LogP contribution in [-0.2, 0) is 0 Å². The molecule has 3 rings (SSSR count). The molecule has 8 heteroatoms. The van der Waals surface area contributed by atoms with Crippen molar-refractivity contribution in [2.24, 2.45) is 0 Å². The second kappa shape index (κ2) is 8.59. The molecule has 0 aliphatic rings. The van der Waals surface area contributed by atoms with Crippen LogP contribution in [0.25, 0.3) is 0 Å². The van der Waals surface area contributed by atoms with Gasteiger partial charge >= 0.3 is 0 Å². The molecule has 0 aliphatic heterocycles. The van der Waals surface area contributed by atoms with Crippen molar-refractivity contribution >= 4 is 46.6 Å². The Labute approximate surface area is 160 Å². The van der Waals surface area contributed by atoms with Crippen molar-refractivity contribution in [3.8, 4) is 0 Å². The third-order valence-electron chi connectivity index (χ3n) is 3.37. The van der Waals surface area contributed by atoms with Gasteiger partial charge in [-0.05, 0) is 85.2 Å². The number of aryl methyl sites for hydroxylation is 1. The zero-order valence-corrected chi connectivity index (χ0v) is 15.5.